The van der Waals surface area contributed by atoms with Crippen molar-refractivity contribution in [1.29, 1.82) is 0 Å². The molecule has 150 valence electrons. The maximum absolute atomic E-state index is 13.9. The Morgan fingerprint density at radius 3 is 2.24 bits per heavy atom. The van der Waals surface area contributed by atoms with Crippen LogP contribution in [0.15, 0.2) is 78.9 Å². The minimum absolute atomic E-state index is 0.251. The van der Waals surface area contributed by atoms with Gasteiger partial charge in [0.15, 0.2) is 11.6 Å². The monoisotopic (exact) mass is 396 g/mol. The first-order valence-electron chi connectivity index (χ1n) is 9.02. The fraction of sp³-hybridized carbons (Fsp3) is 0.174. The summed E-state index contributed by atoms with van der Waals surface area (Å²) >= 11 is 0. The molecule has 3 aromatic rings. The molecule has 0 fully saturated rings. The summed E-state index contributed by atoms with van der Waals surface area (Å²) in [6, 6.07) is 21.5. The molecule has 0 saturated carbocycles. The minimum atomic E-state index is -2.09. The van der Waals surface area contributed by atoms with E-state index < -0.39 is 23.5 Å². The summed E-state index contributed by atoms with van der Waals surface area (Å²) in [5.41, 5.74) is -0.777. The molecule has 0 aliphatic rings. The number of halogens is 1. The molecule has 3 rings (SSSR count). The van der Waals surface area contributed by atoms with Crippen molar-refractivity contribution in [3.63, 3.8) is 0 Å². The summed E-state index contributed by atoms with van der Waals surface area (Å²) in [5, 5.41) is 20.3. The van der Waals surface area contributed by atoms with Crippen LogP contribution in [0.5, 0.6) is 11.5 Å². The van der Waals surface area contributed by atoms with Gasteiger partial charge in [-0.3, -0.25) is 0 Å². The molecule has 0 spiro atoms. The molecule has 0 heterocycles. The molecule has 0 saturated heterocycles. The minimum Gasteiger partial charge on any atom is -0.489 e. The highest BCUT2D eigenvalue weighted by atomic mass is 19.1. The van der Waals surface area contributed by atoms with Gasteiger partial charge in [-0.25, -0.2) is 9.18 Å². The largest absolute Gasteiger partial charge is 0.489 e. The predicted octanol–water partition coefficient (Wildman–Crippen LogP) is 4.36. The second kappa shape index (κ2) is 8.75. The van der Waals surface area contributed by atoms with Gasteiger partial charge in [-0.15, -0.1) is 0 Å². The van der Waals surface area contributed by atoms with E-state index in [1.165, 1.54) is 25.1 Å². The Kier molecular flexibility index (Phi) is 6.14. The van der Waals surface area contributed by atoms with Crippen molar-refractivity contribution < 1.29 is 28.9 Å². The number of para-hydroxylation sites is 1. The summed E-state index contributed by atoms with van der Waals surface area (Å²) in [7, 11) is 0. The highest BCUT2D eigenvalue weighted by Gasteiger charge is 2.45. The van der Waals surface area contributed by atoms with Crippen LogP contribution in [-0.2, 0) is 11.4 Å². The standard InChI is InChI=1S/C23H21FO5/c1-23(22(26)27,29-20-10-6-5-9-19(20)24)21(25)17-11-13-18(14-12-17)28-15-16-7-3-2-4-8-16/h2-14,21,25H,15H2,1H3,(H,26,27). The third-order valence-electron chi connectivity index (χ3n) is 4.55. The maximum Gasteiger partial charge on any atom is 0.350 e. The van der Waals surface area contributed by atoms with Gasteiger partial charge in [-0.2, -0.15) is 0 Å². The molecule has 6 heteroatoms. The molecule has 3 aromatic carbocycles. The molecule has 2 unspecified atom stereocenters. The molecule has 2 N–H and O–H groups in total. The smallest absolute Gasteiger partial charge is 0.350 e. The first kappa shape index (κ1) is 20.4. The quantitative estimate of drug-likeness (QED) is 0.592. The molecule has 0 radical (unpaired) electrons. The van der Waals surface area contributed by atoms with Crippen molar-refractivity contribution in [2.45, 2.75) is 25.2 Å². The van der Waals surface area contributed by atoms with Gasteiger partial charge in [0, 0.05) is 0 Å². The van der Waals surface area contributed by atoms with E-state index in [4.69, 9.17) is 9.47 Å². The molecule has 5 nitrogen and oxygen atoms in total. The van der Waals surface area contributed by atoms with Gasteiger partial charge in [0.2, 0.25) is 5.60 Å². The van der Waals surface area contributed by atoms with Crippen molar-refractivity contribution in [2.75, 3.05) is 0 Å². The number of aliphatic hydroxyl groups excluding tert-OH is 1. The molecular formula is C23H21FO5. The van der Waals surface area contributed by atoms with Crippen LogP contribution in [0.3, 0.4) is 0 Å². The normalized spacial score (nSPS) is 13.9. The lowest BCUT2D eigenvalue weighted by molar-refractivity contribution is -0.165. The number of carboxylic acids is 1. The van der Waals surface area contributed by atoms with Gasteiger partial charge in [0.1, 0.15) is 18.5 Å². The summed E-state index contributed by atoms with van der Waals surface area (Å²) in [5.74, 6) is -1.81. The molecule has 0 aliphatic heterocycles. The van der Waals surface area contributed by atoms with Crippen LogP contribution in [0, 0.1) is 5.82 Å². The summed E-state index contributed by atoms with van der Waals surface area (Å²) in [6.45, 7) is 1.58. The first-order chi connectivity index (χ1) is 13.9. The molecule has 2 atom stereocenters. The Morgan fingerprint density at radius 1 is 1.00 bits per heavy atom. The zero-order chi connectivity index (χ0) is 20.9. The third-order valence-corrected chi connectivity index (χ3v) is 4.55. The number of aliphatic hydroxyl groups is 1. The van der Waals surface area contributed by atoms with E-state index in [0.717, 1.165) is 11.6 Å². The molecule has 29 heavy (non-hydrogen) atoms. The highest BCUT2D eigenvalue weighted by Crippen LogP contribution is 2.33. The number of hydrogen-bond acceptors (Lipinski definition) is 4. The van der Waals surface area contributed by atoms with E-state index in [2.05, 4.69) is 0 Å². The van der Waals surface area contributed by atoms with Gasteiger partial charge in [0.25, 0.3) is 0 Å². The van der Waals surface area contributed by atoms with Gasteiger partial charge in [-0.1, -0.05) is 54.6 Å². The number of aliphatic carboxylic acids is 1. The van der Waals surface area contributed by atoms with E-state index in [1.807, 2.05) is 30.3 Å². The van der Waals surface area contributed by atoms with Crippen LogP contribution in [-0.4, -0.2) is 21.8 Å². The van der Waals surface area contributed by atoms with Crippen LogP contribution in [0.2, 0.25) is 0 Å². The first-order valence-corrected chi connectivity index (χ1v) is 9.02. The second-order valence-electron chi connectivity index (χ2n) is 6.69. The van der Waals surface area contributed by atoms with Crippen LogP contribution in [0.4, 0.5) is 4.39 Å². The summed E-state index contributed by atoms with van der Waals surface area (Å²) in [4.78, 5) is 11.8. The molecule has 0 aliphatic carbocycles. The lowest BCUT2D eigenvalue weighted by atomic mass is 9.92. The van der Waals surface area contributed by atoms with Crippen molar-refractivity contribution >= 4 is 5.97 Å². The summed E-state index contributed by atoms with van der Waals surface area (Å²) in [6.07, 6.45) is -1.54. The van der Waals surface area contributed by atoms with E-state index in [1.54, 1.807) is 24.3 Å². The fourth-order valence-electron chi connectivity index (χ4n) is 2.78. The SMILES string of the molecule is CC(Oc1ccccc1F)(C(=O)O)C(O)c1ccc(OCc2ccccc2)cc1. The highest BCUT2D eigenvalue weighted by molar-refractivity contribution is 5.78. The van der Waals surface area contributed by atoms with Crippen molar-refractivity contribution in [1.82, 2.24) is 0 Å². The Morgan fingerprint density at radius 2 is 1.62 bits per heavy atom. The predicted molar refractivity (Wildman–Crippen MR) is 105 cm³/mol. The number of benzene rings is 3. The van der Waals surface area contributed by atoms with E-state index in [-0.39, 0.29) is 5.75 Å². The zero-order valence-corrected chi connectivity index (χ0v) is 15.8. The molecule has 0 aromatic heterocycles. The molecule has 0 bridgehead atoms. The average molecular weight is 396 g/mol. The van der Waals surface area contributed by atoms with E-state index in [9.17, 15) is 19.4 Å². The van der Waals surface area contributed by atoms with Crippen LogP contribution in [0.25, 0.3) is 0 Å². The lowest BCUT2D eigenvalue weighted by Gasteiger charge is -2.31. The number of carbonyl (C=O) groups is 1. The Hall–Kier alpha value is -3.38. The second-order valence-corrected chi connectivity index (χ2v) is 6.69. The molecule has 0 amide bonds. The Labute approximate surface area is 168 Å². The van der Waals surface area contributed by atoms with Crippen LogP contribution < -0.4 is 9.47 Å². The zero-order valence-electron chi connectivity index (χ0n) is 15.8. The molecular weight excluding hydrogens is 375 g/mol. The number of hydrogen-bond donors (Lipinski definition) is 2. The van der Waals surface area contributed by atoms with Crippen molar-refractivity contribution in [3.05, 3.63) is 95.8 Å². The topological polar surface area (TPSA) is 76.0 Å². The van der Waals surface area contributed by atoms with Gasteiger partial charge in [-0.05, 0) is 42.3 Å². The van der Waals surface area contributed by atoms with Crippen molar-refractivity contribution in [3.8, 4) is 11.5 Å². The van der Waals surface area contributed by atoms with E-state index in [0.29, 0.717) is 17.9 Å². The maximum atomic E-state index is 13.9. The number of ether oxygens (including phenoxy) is 2. The van der Waals surface area contributed by atoms with Crippen LogP contribution in [0.1, 0.15) is 24.2 Å². The van der Waals surface area contributed by atoms with Gasteiger partial charge in [0.05, 0.1) is 0 Å². The Balaban J connectivity index is 1.75. The van der Waals surface area contributed by atoms with Crippen molar-refractivity contribution in [2.24, 2.45) is 0 Å². The number of rotatable bonds is 8. The summed E-state index contributed by atoms with van der Waals surface area (Å²) < 4.78 is 25.0. The lowest BCUT2D eigenvalue weighted by Crippen LogP contribution is -2.47. The van der Waals surface area contributed by atoms with Gasteiger partial charge >= 0.3 is 5.97 Å². The van der Waals surface area contributed by atoms with E-state index >= 15 is 0 Å². The van der Waals surface area contributed by atoms with Crippen LogP contribution >= 0.6 is 0 Å². The third kappa shape index (κ3) is 4.73. The average Bonchev–Trinajstić information content (AvgIpc) is 2.74. The fourth-order valence-corrected chi connectivity index (χ4v) is 2.78. The Bertz CT molecular complexity index is 959. The van der Waals surface area contributed by atoms with Gasteiger partial charge < -0.3 is 19.7 Å². The number of carboxylic acid groups (broad SMARTS) is 1.